The van der Waals surface area contributed by atoms with Crippen molar-refractivity contribution < 1.29 is 4.79 Å². The van der Waals surface area contributed by atoms with Gasteiger partial charge in [0.25, 0.3) is 0 Å². The first-order valence-corrected chi connectivity index (χ1v) is 11.0. The van der Waals surface area contributed by atoms with Crippen molar-refractivity contribution in [1.29, 1.82) is 5.26 Å². The molecule has 1 aromatic carbocycles. The first-order valence-electron chi connectivity index (χ1n) is 9.35. The van der Waals surface area contributed by atoms with E-state index in [9.17, 15) is 10.1 Å². The molecule has 0 bridgehead atoms. The van der Waals surface area contributed by atoms with Crippen LogP contribution in [0, 0.1) is 11.3 Å². The molecule has 1 amide bonds. The van der Waals surface area contributed by atoms with Gasteiger partial charge in [0.1, 0.15) is 21.8 Å². The predicted molar refractivity (Wildman–Crippen MR) is 123 cm³/mol. The van der Waals surface area contributed by atoms with Gasteiger partial charge in [0, 0.05) is 25.7 Å². The Labute approximate surface area is 179 Å². The van der Waals surface area contributed by atoms with Gasteiger partial charge in [0.15, 0.2) is 0 Å². The topological polar surface area (TPSA) is 69.0 Å². The van der Waals surface area contributed by atoms with Crippen molar-refractivity contribution in [2.75, 3.05) is 23.3 Å². The molecule has 0 aliphatic carbocycles. The molecule has 3 rings (SSSR count). The number of hydrogen-bond donors (Lipinski definition) is 1. The summed E-state index contributed by atoms with van der Waals surface area (Å²) in [6.45, 7) is 7.63. The Kier molecular flexibility index (Phi) is 6.81. The molecule has 2 heterocycles. The molecule has 0 unspecified atom stereocenters. The molecular formula is C22H22N4OS2. The van der Waals surface area contributed by atoms with Gasteiger partial charge in [-0.2, -0.15) is 5.26 Å². The molecule has 0 atom stereocenters. The summed E-state index contributed by atoms with van der Waals surface area (Å²) in [6, 6.07) is 14.3. The molecule has 3 aromatic rings. The molecule has 29 heavy (non-hydrogen) atoms. The van der Waals surface area contributed by atoms with Crippen molar-refractivity contribution in [3.63, 3.8) is 0 Å². The fourth-order valence-corrected chi connectivity index (χ4v) is 4.72. The van der Waals surface area contributed by atoms with Crippen LogP contribution in [0.4, 0.5) is 10.7 Å². The lowest BCUT2D eigenvalue weighted by molar-refractivity contribution is -0.114. The van der Waals surface area contributed by atoms with Crippen molar-refractivity contribution in [1.82, 2.24) is 4.98 Å². The molecule has 1 N–H and O–H groups in total. The molecule has 0 fully saturated rings. The van der Waals surface area contributed by atoms with Gasteiger partial charge >= 0.3 is 0 Å². The smallest absolute Gasteiger partial charge is 0.221 e. The Morgan fingerprint density at radius 1 is 1.24 bits per heavy atom. The number of allylic oxidation sites excluding steroid dienone is 1. The van der Waals surface area contributed by atoms with Crippen LogP contribution in [0.1, 0.15) is 31.3 Å². The van der Waals surface area contributed by atoms with Crippen molar-refractivity contribution in [3.05, 3.63) is 52.3 Å². The van der Waals surface area contributed by atoms with E-state index >= 15 is 0 Å². The minimum absolute atomic E-state index is 0.160. The molecular weight excluding hydrogens is 400 g/mol. The number of nitrogens with one attached hydrogen (secondary N) is 1. The molecule has 0 saturated heterocycles. The van der Waals surface area contributed by atoms with Gasteiger partial charge in [-0.3, -0.25) is 4.79 Å². The second-order valence-electron chi connectivity index (χ2n) is 6.29. The van der Waals surface area contributed by atoms with Gasteiger partial charge in [-0.15, -0.1) is 11.3 Å². The Morgan fingerprint density at radius 2 is 1.97 bits per heavy atom. The van der Waals surface area contributed by atoms with Crippen LogP contribution in [0.5, 0.6) is 0 Å². The largest absolute Gasteiger partial charge is 0.372 e. The first-order chi connectivity index (χ1) is 14.0. The number of thiophene rings is 1. The second-order valence-corrected chi connectivity index (χ2v) is 8.24. The van der Waals surface area contributed by atoms with E-state index in [0.29, 0.717) is 21.3 Å². The number of carbonyl (C=O) groups excluding carboxylic acids is 1. The Balaban J connectivity index is 1.95. The summed E-state index contributed by atoms with van der Waals surface area (Å²) in [5.74, 6) is -0.160. The number of rotatable bonds is 7. The van der Waals surface area contributed by atoms with E-state index < -0.39 is 0 Å². The lowest BCUT2D eigenvalue weighted by atomic mass is 10.1. The van der Waals surface area contributed by atoms with E-state index in [1.165, 1.54) is 18.3 Å². The zero-order valence-electron chi connectivity index (χ0n) is 16.6. The number of hydrogen-bond acceptors (Lipinski definition) is 6. The summed E-state index contributed by atoms with van der Waals surface area (Å²) < 4.78 is 0. The molecule has 0 spiro atoms. The van der Waals surface area contributed by atoms with Gasteiger partial charge in [0.2, 0.25) is 5.91 Å². The van der Waals surface area contributed by atoms with E-state index in [4.69, 9.17) is 0 Å². The highest BCUT2D eigenvalue weighted by molar-refractivity contribution is 7.18. The highest BCUT2D eigenvalue weighted by Gasteiger charge is 2.17. The van der Waals surface area contributed by atoms with Crippen molar-refractivity contribution in [2.45, 2.75) is 20.8 Å². The molecule has 0 aliphatic heterocycles. The fraction of sp³-hybridized carbons (Fsp3) is 0.227. The van der Waals surface area contributed by atoms with E-state index in [2.05, 4.69) is 47.3 Å². The van der Waals surface area contributed by atoms with Crippen LogP contribution in [-0.2, 0) is 4.79 Å². The highest BCUT2D eigenvalue weighted by atomic mass is 32.1. The zero-order chi connectivity index (χ0) is 20.8. The van der Waals surface area contributed by atoms with Crippen molar-refractivity contribution in [3.8, 4) is 16.6 Å². The number of thiazole rings is 1. The summed E-state index contributed by atoms with van der Waals surface area (Å²) in [7, 11) is 0. The van der Waals surface area contributed by atoms with Gasteiger partial charge in [-0.05, 0) is 49.1 Å². The van der Waals surface area contributed by atoms with Gasteiger partial charge < -0.3 is 10.2 Å². The van der Waals surface area contributed by atoms with E-state index in [-0.39, 0.29) is 5.91 Å². The van der Waals surface area contributed by atoms with Crippen LogP contribution in [0.25, 0.3) is 22.2 Å². The minimum Gasteiger partial charge on any atom is -0.372 e. The number of aromatic nitrogens is 1. The summed E-state index contributed by atoms with van der Waals surface area (Å²) in [6.07, 6.45) is 1.83. The predicted octanol–water partition coefficient (Wildman–Crippen LogP) is 5.74. The summed E-state index contributed by atoms with van der Waals surface area (Å²) in [5, 5.41) is 15.8. The third-order valence-corrected chi connectivity index (χ3v) is 6.24. The number of nitrogens with zero attached hydrogens (tertiary/aromatic N) is 3. The second kappa shape index (κ2) is 9.50. The van der Waals surface area contributed by atoms with Crippen molar-refractivity contribution in [2.24, 2.45) is 0 Å². The Hall–Kier alpha value is -2.95. The average Bonchev–Trinajstić information content (AvgIpc) is 3.37. The lowest BCUT2D eigenvalue weighted by Gasteiger charge is -2.20. The van der Waals surface area contributed by atoms with Gasteiger partial charge in [-0.1, -0.05) is 29.5 Å². The van der Waals surface area contributed by atoms with Crippen molar-refractivity contribution >= 4 is 50.9 Å². The fourth-order valence-electron chi connectivity index (χ4n) is 2.94. The average molecular weight is 423 g/mol. The zero-order valence-corrected chi connectivity index (χ0v) is 18.2. The molecule has 0 saturated carbocycles. The van der Waals surface area contributed by atoms with E-state index in [0.717, 1.165) is 29.2 Å². The van der Waals surface area contributed by atoms with Crippen LogP contribution in [0.3, 0.4) is 0 Å². The van der Waals surface area contributed by atoms with E-state index in [1.54, 1.807) is 11.3 Å². The van der Waals surface area contributed by atoms with Crippen LogP contribution >= 0.6 is 22.7 Å². The number of anilines is 2. The first kappa shape index (κ1) is 20.8. The van der Waals surface area contributed by atoms with Gasteiger partial charge in [-0.25, -0.2) is 4.98 Å². The molecule has 7 heteroatoms. The van der Waals surface area contributed by atoms with E-state index in [1.807, 2.05) is 35.7 Å². The Morgan fingerprint density at radius 3 is 2.52 bits per heavy atom. The number of nitriles is 1. The quantitative estimate of drug-likeness (QED) is 0.493. The summed E-state index contributed by atoms with van der Waals surface area (Å²) in [5.41, 5.74) is 3.27. The van der Waals surface area contributed by atoms with Crippen LogP contribution in [0.2, 0.25) is 0 Å². The lowest BCUT2D eigenvalue weighted by Crippen LogP contribution is -2.21. The normalized spacial score (nSPS) is 11.2. The highest BCUT2D eigenvalue weighted by Crippen LogP contribution is 2.38. The molecule has 148 valence electrons. The maximum absolute atomic E-state index is 11.6. The Bertz CT molecular complexity index is 1040. The van der Waals surface area contributed by atoms with Gasteiger partial charge in [0.05, 0.1) is 10.5 Å². The number of carbonyl (C=O) groups is 1. The maximum Gasteiger partial charge on any atom is 0.221 e. The number of amides is 1. The minimum atomic E-state index is -0.160. The van der Waals surface area contributed by atoms with Crippen LogP contribution in [0.15, 0.2) is 41.8 Å². The van der Waals surface area contributed by atoms with Crippen LogP contribution in [-0.4, -0.2) is 24.0 Å². The SMILES string of the molecule is CCN(CC)c1ccc(C=C(C#N)c2nc(-c3cccs3)c(NC(C)=O)s2)cc1. The molecule has 0 radical (unpaired) electrons. The molecule has 5 nitrogen and oxygen atoms in total. The molecule has 0 aliphatic rings. The molecule has 2 aromatic heterocycles. The number of benzene rings is 1. The third kappa shape index (κ3) is 4.91. The third-order valence-electron chi connectivity index (χ3n) is 4.35. The monoisotopic (exact) mass is 422 g/mol. The maximum atomic E-state index is 11.6. The standard InChI is InChI=1S/C22H22N4OS2/c1-4-26(5-2)18-10-8-16(9-11-18)13-17(14-23)21-25-20(19-7-6-12-28-19)22(29-21)24-15(3)27/h6-13H,4-5H2,1-3H3,(H,24,27). The summed E-state index contributed by atoms with van der Waals surface area (Å²) >= 11 is 2.87. The summed E-state index contributed by atoms with van der Waals surface area (Å²) in [4.78, 5) is 19.5. The van der Waals surface area contributed by atoms with Crippen LogP contribution < -0.4 is 10.2 Å².